The lowest BCUT2D eigenvalue weighted by Crippen LogP contribution is -1.95. The fraction of sp³-hybridized carbons (Fsp3) is 0. The minimum Gasteiger partial charge on any atom is -0.436 e. The number of pyridine rings is 1. The summed E-state index contributed by atoms with van der Waals surface area (Å²) in [5.74, 6) is 0.616. The molecule has 0 saturated heterocycles. The van der Waals surface area contributed by atoms with Crippen molar-refractivity contribution in [3.05, 3.63) is 134 Å². The van der Waals surface area contributed by atoms with E-state index in [1.54, 1.807) is 0 Å². The molecular weight excluding hydrogens is 480 g/mol. The first-order valence-corrected chi connectivity index (χ1v) is 12.9. The molecular formula is C34H22N4O. The van der Waals surface area contributed by atoms with Crippen LogP contribution in [0.4, 0.5) is 0 Å². The fourth-order valence-corrected chi connectivity index (χ4v) is 5.42. The van der Waals surface area contributed by atoms with E-state index in [9.17, 15) is 0 Å². The van der Waals surface area contributed by atoms with Crippen molar-refractivity contribution in [1.29, 1.82) is 0 Å². The van der Waals surface area contributed by atoms with Gasteiger partial charge < -0.3 is 13.6 Å². The third kappa shape index (κ3) is 3.55. The lowest BCUT2D eigenvalue weighted by atomic mass is 10.1. The summed E-state index contributed by atoms with van der Waals surface area (Å²) in [6.45, 7) is 0. The molecule has 0 spiro atoms. The van der Waals surface area contributed by atoms with Crippen LogP contribution in [0.3, 0.4) is 0 Å². The maximum Gasteiger partial charge on any atom is 0.227 e. The van der Waals surface area contributed by atoms with Crippen molar-refractivity contribution < 1.29 is 4.42 Å². The average Bonchev–Trinajstić information content (AvgIpc) is 3.75. The molecule has 8 aromatic rings. The lowest BCUT2D eigenvalue weighted by Gasteiger charge is -2.11. The molecule has 0 saturated carbocycles. The molecule has 0 unspecified atom stereocenters. The van der Waals surface area contributed by atoms with Gasteiger partial charge in [0.25, 0.3) is 0 Å². The third-order valence-corrected chi connectivity index (χ3v) is 7.26. The second-order valence-corrected chi connectivity index (χ2v) is 9.61. The molecule has 0 aliphatic heterocycles. The molecule has 4 aromatic carbocycles. The van der Waals surface area contributed by atoms with Crippen LogP contribution in [0.2, 0.25) is 0 Å². The van der Waals surface area contributed by atoms with E-state index in [1.165, 1.54) is 10.8 Å². The molecule has 0 amide bonds. The number of aromatic nitrogens is 4. The molecule has 4 aromatic heterocycles. The zero-order valence-corrected chi connectivity index (χ0v) is 20.9. The van der Waals surface area contributed by atoms with Gasteiger partial charge in [-0.05, 0) is 78.9 Å². The monoisotopic (exact) mass is 502 g/mol. The summed E-state index contributed by atoms with van der Waals surface area (Å²) in [5, 5.41) is 2.35. The van der Waals surface area contributed by atoms with Crippen molar-refractivity contribution in [2.24, 2.45) is 0 Å². The summed E-state index contributed by atoms with van der Waals surface area (Å²) in [6, 6.07) is 39.6. The van der Waals surface area contributed by atoms with Crippen LogP contribution in [0.1, 0.15) is 0 Å². The molecule has 184 valence electrons. The SMILES string of the molecule is c1ccc(-c2cccc(-n3c4ccc(-n5cccc5)cc4c4ccc(-c5nc6ccccc6o5)cc43)c2)nc1. The fourth-order valence-electron chi connectivity index (χ4n) is 5.42. The summed E-state index contributed by atoms with van der Waals surface area (Å²) in [6.07, 6.45) is 5.97. The highest BCUT2D eigenvalue weighted by atomic mass is 16.3. The van der Waals surface area contributed by atoms with Gasteiger partial charge in [0.1, 0.15) is 5.52 Å². The Kier molecular flexibility index (Phi) is 4.76. The van der Waals surface area contributed by atoms with Crippen LogP contribution in [0.5, 0.6) is 0 Å². The highest BCUT2D eigenvalue weighted by molar-refractivity contribution is 6.10. The summed E-state index contributed by atoms with van der Waals surface area (Å²) < 4.78 is 10.6. The Hall–Kier alpha value is -5.42. The number of rotatable bonds is 4. The number of fused-ring (bicyclic) bond motifs is 4. The van der Waals surface area contributed by atoms with Crippen molar-refractivity contribution in [1.82, 2.24) is 19.1 Å². The van der Waals surface area contributed by atoms with E-state index in [-0.39, 0.29) is 0 Å². The van der Waals surface area contributed by atoms with E-state index in [1.807, 2.05) is 60.8 Å². The van der Waals surface area contributed by atoms with Gasteiger partial charge in [0, 0.05) is 51.9 Å². The predicted octanol–water partition coefficient (Wildman–Crippen LogP) is 8.44. The standard InChI is InChI=1S/C34H22N4O/c1-2-12-33-30(11-1)36-34(39-33)24-13-15-27-28-22-25(37-18-5-6-19-37)14-16-31(28)38(32(27)21-24)26-9-7-8-23(20-26)29-10-3-4-17-35-29/h1-22H. The van der Waals surface area contributed by atoms with E-state index in [0.29, 0.717) is 5.89 Å². The van der Waals surface area contributed by atoms with Gasteiger partial charge in [-0.3, -0.25) is 4.98 Å². The van der Waals surface area contributed by atoms with E-state index in [4.69, 9.17) is 9.40 Å². The number of oxazole rings is 1. The Labute approximate surface area is 224 Å². The van der Waals surface area contributed by atoms with Gasteiger partial charge in [0.2, 0.25) is 5.89 Å². The molecule has 0 atom stereocenters. The minimum absolute atomic E-state index is 0.616. The first-order valence-electron chi connectivity index (χ1n) is 12.9. The van der Waals surface area contributed by atoms with Crippen molar-refractivity contribution in [2.45, 2.75) is 0 Å². The predicted molar refractivity (Wildman–Crippen MR) is 156 cm³/mol. The molecule has 8 rings (SSSR count). The Bertz CT molecular complexity index is 2090. The van der Waals surface area contributed by atoms with Crippen LogP contribution < -0.4 is 0 Å². The van der Waals surface area contributed by atoms with E-state index in [2.05, 4.69) is 87.2 Å². The number of para-hydroxylation sites is 2. The molecule has 5 nitrogen and oxygen atoms in total. The van der Waals surface area contributed by atoms with Crippen LogP contribution in [-0.4, -0.2) is 19.1 Å². The van der Waals surface area contributed by atoms with Gasteiger partial charge in [0.05, 0.1) is 16.7 Å². The van der Waals surface area contributed by atoms with Gasteiger partial charge >= 0.3 is 0 Å². The normalized spacial score (nSPS) is 11.6. The maximum absolute atomic E-state index is 6.14. The van der Waals surface area contributed by atoms with Crippen molar-refractivity contribution in [3.8, 4) is 34.1 Å². The third-order valence-electron chi connectivity index (χ3n) is 7.26. The second kappa shape index (κ2) is 8.57. The van der Waals surface area contributed by atoms with Gasteiger partial charge in [-0.1, -0.05) is 36.4 Å². The van der Waals surface area contributed by atoms with Gasteiger partial charge in [-0.15, -0.1) is 0 Å². The Morgan fingerprint density at radius 1 is 0.590 bits per heavy atom. The Morgan fingerprint density at radius 2 is 1.49 bits per heavy atom. The van der Waals surface area contributed by atoms with Gasteiger partial charge in [-0.25, -0.2) is 4.98 Å². The van der Waals surface area contributed by atoms with Crippen LogP contribution in [-0.2, 0) is 0 Å². The van der Waals surface area contributed by atoms with E-state index < -0.39 is 0 Å². The minimum atomic E-state index is 0.616. The lowest BCUT2D eigenvalue weighted by molar-refractivity contribution is 0.620. The average molecular weight is 503 g/mol. The van der Waals surface area contributed by atoms with Crippen LogP contribution in [0, 0.1) is 0 Å². The number of nitrogens with zero attached hydrogens (tertiary/aromatic N) is 4. The zero-order valence-electron chi connectivity index (χ0n) is 20.9. The maximum atomic E-state index is 6.14. The Morgan fingerprint density at radius 3 is 2.36 bits per heavy atom. The highest BCUT2D eigenvalue weighted by Gasteiger charge is 2.17. The van der Waals surface area contributed by atoms with Crippen LogP contribution in [0.25, 0.3) is 67.0 Å². The molecule has 5 heteroatoms. The van der Waals surface area contributed by atoms with Gasteiger partial charge in [-0.2, -0.15) is 0 Å². The molecule has 0 aliphatic carbocycles. The summed E-state index contributed by atoms with van der Waals surface area (Å²) in [4.78, 5) is 9.34. The molecule has 39 heavy (non-hydrogen) atoms. The first kappa shape index (κ1) is 21.6. The van der Waals surface area contributed by atoms with Gasteiger partial charge in [0.15, 0.2) is 5.58 Å². The van der Waals surface area contributed by atoms with Crippen molar-refractivity contribution in [2.75, 3.05) is 0 Å². The number of hydrogen-bond acceptors (Lipinski definition) is 3. The molecule has 0 aliphatic rings. The number of hydrogen-bond donors (Lipinski definition) is 0. The second-order valence-electron chi connectivity index (χ2n) is 9.61. The van der Waals surface area contributed by atoms with Crippen molar-refractivity contribution >= 4 is 32.9 Å². The molecule has 0 bridgehead atoms. The summed E-state index contributed by atoms with van der Waals surface area (Å²) in [7, 11) is 0. The zero-order chi connectivity index (χ0) is 25.8. The summed E-state index contributed by atoms with van der Waals surface area (Å²) >= 11 is 0. The largest absolute Gasteiger partial charge is 0.436 e. The highest BCUT2D eigenvalue weighted by Crippen LogP contribution is 2.37. The number of benzene rings is 4. The van der Waals surface area contributed by atoms with E-state index >= 15 is 0 Å². The van der Waals surface area contributed by atoms with E-state index in [0.717, 1.165) is 50.3 Å². The topological polar surface area (TPSA) is 48.8 Å². The molecule has 0 radical (unpaired) electrons. The molecule has 0 N–H and O–H groups in total. The quantitative estimate of drug-likeness (QED) is 0.243. The summed E-state index contributed by atoms with van der Waals surface area (Å²) in [5.41, 5.74) is 9.01. The smallest absolute Gasteiger partial charge is 0.227 e. The van der Waals surface area contributed by atoms with Crippen molar-refractivity contribution in [3.63, 3.8) is 0 Å². The molecule has 4 heterocycles. The van der Waals surface area contributed by atoms with Crippen LogP contribution in [0.15, 0.2) is 138 Å². The first-order chi connectivity index (χ1) is 19.3. The van der Waals surface area contributed by atoms with Crippen LogP contribution >= 0.6 is 0 Å². The Balaban J connectivity index is 1.39. The molecule has 0 fully saturated rings.